The summed E-state index contributed by atoms with van der Waals surface area (Å²) in [5.41, 5.74) is 0.487. The SMILES string of the molecule is COc1ccc(C(=O)NCCNS(=O)(=O)N(C)C)cc1. The molecule has 0 spiro atoms. The molecule has 2 N–H and O–H groups in total. The van der Waals surface area contributed by atoms with Crippen molar-refractivity contribution in [3.63, 3.8) is 0 Å². The summed E-state index contributed by atoms with van der Waals surface area (Å²) < 4.78 is 31.2. The lowest BCUT2D eigenvalue weighted by Crippen LogP contribution is -2.40. The third-order valence-electron chi connectivity index (χ3n) is 2.53. The van der Waals surface area contributed by atoms with Crippen molar-refractivity contribution in [3.05, 3.63) is 29.8 Å². The lowest BCUT2D eigenvalue weighted by atomic mass is 10.2. The molecule has 1 aromatic carbocycles. The van der Waals surface area contributed by atoms with Crippen molar-refractivity contribution in [2.45, 2.75) is 0 Å². The van der Waals surface area contributed by atoms with E-state index in [0.29, 0.717) is 11.3 Å². The van der Waals surface area contributed by atoms with E-state index in [2.05, 4.69) is 10.0 Å². The molecule has 0 bridgehead atoms. The Labute approximate surface area is 119 Å². The Morgan fingerprint density at radius 2 is 1.80 bits per heavy atom. The number of carbonyl (C=O) groups excluding carboxylic acids is 1. The Bertz CT molecular complexity index is 540. The first-order valence-corrected chi connectivity index (χ1v) is 7.40. The van der Waals surface area contributed by atoms with Gasteiger partial charge in [0.05, 0.1) is 7.11 Å². The molecule has 0 saturated heterocycles. The minimum Gasteiger partial charge on any atom is -0.497 e. The highest BCUT2D eigenvalue weighted by Gasteiger charge is 2.12. The normalized spacial score (nSPS) is 11.4. The van der Waals surface area contributed by atoms with Gasteiger partial charge in [-0.2, -0.15) is 12.7 Å². The van der Waals surface area contributed by atoms with Crippen LogP contribution in [0.3, 0.4) is 0 Å². The van der Waals surface area contributed by atoms with Crippen LogP contribution in [0.5, 0.6) is 5.75 Å². The summed E-state index contributed by atoms with van der Waals surface area (Å²) in [4.78, 5) is 11.8. The first kappa shape index (κ1) is 16.4. The molecule has 0 heterocycles. The average Bonchev–Trinajstić information content (AvgIpc) is 2.43. The molecule has 1 amide bonds. The maximum Gasteiger partial charge on any atom is 0.278 e. The Morgan fingerprint density at radius 3 is 2.30 bits per heavy atom. The third kappa shape index (κ3) is 4.80. The zero-order valence-corrected chi connectivity index (χ0v) is 12.5. The molecule has 8 heteroatoms. The number of ether oxygens (including phenoxy) is 1. The van der Waals surface area contributed by atoms with Gasteiger partial charge < -0.3 is 10.1 Å². The molecule has 1 aromatic rings. The fourth-order valence-electron chi connectivity index (χ4n) is 1.33. The van der Waals surface area contributed by atoms with Crippen LogP contribution in [0.4, 0.5) is 0 Å². The van der Waals surface area contributed by atoms with Gasteiger partial charge in [0.1, 0.15) is 5.75 Å². The van der Waals surface area contributed by atoms with Gasteiger partial charge in [-0.25, -0.2) is 4.72 Å². The highest BCUT2D eigenvalue weighted by atomic mass is 32.2. The van der Waals surface area contributed by atoms with Crippen LogP contribution >= 0.6 is 0 Å². The smallest absolute Gasteiger partial charge is 0.278 e. The van der Waals surface area contributed by atoms with E-state index in [1.165, 1.54) is 14.1 Å². The predicted octanol–water partition coefficient (Wildman–Crippen LogP) is -0.179. The molecular formula is C12H19N3O4S. The van der Waals surface area contributed by atoms with E-state index in [1.807, 2.05) is 0 Å². The summed E-state index contributed by atoms with van der Waals surface area (Å²) in [6.45, 7) is 0.334. The number of carbonyl (C=O) groups is 1. The maximum atomic E-state index is 11.8. The molecule has 7 nitrogen and oxygen atoms in total. The maximum absolute atomic E-state index is 11.8. The van der Waals surface area contributed by atoms with E-state index in [0.717, 1.165) is 4.31 Å². The second kappa shape index (κ2) is 7.22. The Hall–Kier alpha value is -1.64. The van der Waals surface area contributed by atoms with E-state index >= 15 is 0 Å². The van der Waals surface area contributed by atoms with E-state index in [1.54, 1.807) is 31.4 Å². The first-order valence-electron chi connectivity index (χ1n) is 5.96. The summed E-state index contributed by atoms with van der Waals surface area (Å²) in [6, 6.07) is 6.64. The van der Waals surface area contributed by atoms with Gasteiger partial charge in [0.25, 0.3) is 16.1 Å². The molecule has 20 heavy (non-hydrogen) atoms. The topological polar surface area (TPSA) is 87.7 Å². The van der Waals surface area contributed by atoms with Gasteiger partial charge >= 0.3 is 0 Å². The minimum absolute atomic E-state index is 0.127. The molecule has 0 atom stereocenters. The van der Waals surface area contributed by atoms with Crippen LogP contribution in [0.25, 0.3) is 0 Å². The van der Waals surface area contributed by atoms with E-state index < -0.39 is 10.2 Å². The van der Waals surface area contributed by atoms with E-state index in [9.17, 15) is 13.2 Å². The molecular weight excluding hydrogens is 282 g/mol. The van der Waals surface area contributed by atoms with Crippen LogP contribution in [-0.4, -0.2) is 52.9 Å². The Morgan fingerprint density at radius 1 is 1.20 bits per heavy atom. The number of amides is 1. The molecule has 0 saturated carbocycles. The summed E-state index contributed by atoms with van der Waals surface area (Å²) in [5, 5.41) is 2.62. The van der Waals surface area contributed by atoms with Crippen molar-refractivity contribution in [1.29, 1.82) is 0 Å². The predicted molar refractivity (Wildman–Crippen MR) is 75.9 cm³/mol. The molecule has 0 aliphatic rings. The lowest BCUT2D eigenvalue weighted by molar-refractivity contribution is 0.0954. The van der Waals surface area contributed by atoms with Crippen LogP contribution in [0, 0.1) is 0 Å². The molecule has 0 aliphatic heterocycles. The number of nitrogens with one attached hydrogen (secondary N) is 2. The molecule has 0 aromatic heterocycles. The fourth-order valence-corrected chi connectivity index (χ4v) is 1.95. The Kier molecular flexibility index (Phi) is 5.93. The van der Waals surface area contributed by atoms with E-state index in [-0.39, 0.29) is 19.0 Å². The van der Waals surface area contributed by atoms with Crippen molar-refractivity contribution >= 4 is 16.1 Å². The summed E-state index contributed by atoms with van der Waals surface area (Å²) in [6.07, 6.45) is 0. The average molecular weight is 301 g/mol. The molecule has 0 radical (unpaired) electrons. The number of rotatable bonds is 7. The standard InChI is InChI=1S/C12H19N3O4S/c1-15(2)20(17,18)14-9-8-13-12(16)10-4-6-11(19-3)7-5-10/h4-7,14H,8-9H2,1-3H3,(H,13,16). The van der Waals surface area contributed by atoms with Gasteiger partial charge in [-0.15, -0.1) is 0 Å². The van der Waals surface area contributed by atoms with Gasteiger partial charge in [-0.3, -0.25) is 4.79 Å². The number of hydrogen-bond donors (Lipinski definition) is 2. The highest BCUT2D eigenvalue weighted by Crippen LogP contribution is 2.10. The molecule has 1 rings (SSSR count). The van der Waals surface area contributed by atoms with Crippen molar-refractivity contribution in [2.75, 3.05) is 34.3 Å². The fraction of sp³-hybridized carbons (Fsp3) is 0.417. The second-order valence-electron chi connectivity index (χ2n) is 4.17. The van der Waals surface area contributed by atoms with Gasteiger partial charge in [0.2, 0.25) is 0 Å². The minimum atomic E-state index is -3.45. The van der Waals surface area contributed by atoms with Gasteiger partial charge in [0.15, 0.2) is 0 Å². The van der Waals surface area contributed by atoms with Crippen molar-refractivity contribution < 1.29 is 17.9 Å². The zero-order chi connectivity index (χ0) is 15.2. The van der Waals surface area contributed by atoms with Crippen LogP contribution in [0.15, 0.2) is 24.3 Å². The monoisotopic (exact) mass is 301 g/mol. The zero-order valence-electron chi connectivity index (χ0n) is 11.7. The largest absolute Gasteiger partial charge is 0.497 e. The Balaban J connectivity index is 2.40. The second-order valence-corrected chi connectivity index (χ2v) is 6.14. The van der Waals surface area contributed by atoms with Crippen molar-refractivity contribution in [3.8, 4) is 5.75 Å². The number of benzene rings is 1. The lowest BCUT2D eigenvalue weighted by Gasteiger charge is -2.12. The molecule has 0 fully saturated rings. The molecule has 112 valence electrons. The van der Waals surface area contributed by atoms with Gasteiger partial charge in [0, 0.05) is 32.7 Å². The number of hydrogen-bond acceptors (Lipinski definition) is 4. The van der Waals surface area contributed by atoms with Crippen molar-refractivity contribution in [2.24, 2.45) is 0 Å². The quantitative estimate of drug-likeness (QED) is 0.684. The van der Waals surface area contributed by atoms with E-state index in [4.69, 9.17) is 4.74 Å². The van der Waals surface area contributed by atoms with Crippen LogP contribution in [0.1, 0.15) is 10.4 Å². The van der Waals surface area contributed by atoms with Crippen LogP contribution in [0.2, 0.25) is 0 Å². The van der Waals surface area contributed by atoms with Gasteiger partial charge in [-0.1, -0.05) is 0 Å². The molecule has 0 aliphatic carbocycles. The van der Waals surface area contributed by atoms with Gasteiger partial charge in [-0.05, 0) is 24.3 Å². The highest BCUT2D eigenvalue weighted by molar-refractivity contribution is 7.87. The van der Waals surface area contributed by atoms with Crippen LogP contribution in [-0.2, 0) is 10.2 Å². The first-order chi connectivity index (χ1) is 9.36. The number of methoxy groups -OCH3 is 1. The van der Waals surface area contributed by atoms with Crippen LogP contribution < -0.4 is 14.8 Å². The summed E-state index contributed by atoms with van der Waals surface area (Å²) >= 11 is 0. The number of nitrogens with zero attached hydrogens (tertiary/aromatic N) is 1. The summed E-state index contributed by atoms with van der Waals surface area (Å²) in [7, 11) is 0.951. The van der Waals surface area contributed by atoms with Crippen molar-refractivity contribution in [1.82, 2.24) is 14.3 Å². The third-order valence-corrected chi connectivity index (χ3v) is 4.06. The molecule has 0 unspecified atom stereocenters. The summed E-state index contributed by atoms with van der Waals surface area (Å²) in [5.74, 6) is 0.400.